The molecule has 0 bridgehead atoms. The van der Waals surface area contributed by atoms with Crippen LogP contribution in [0.4, 0.5) is 0 Å². The van der Waals surface area contributed by atoms with Crippen LogP contribution in [0.15, 0.2) is 42.9 Å². The van der Waals surface area contributed by atoms with Gasteiger partial charge >= 0.3 is 0 Å². The van der Waals surface area contributed by atoms with Gasteiger partial charge in [0.15, 0.2) is 0 Å². The molecule has 0 aliphatic rings. The van der Waals surface area contributed by atoms with Crippen molar-refractivity contribution < 1.29 is 0 Å². The smallest absolute Gasteiger partial charge is 0.0749 e. The quantitative estimate of drug-likeness (QED) is 0.561. The second kappa shape index (κ2) is 5.03. The maximum atomic E-state index is 5.80. The van der Waals surface area contributed by atoms with E-state index >= 15 is 0 Å². The van der Waals surface area contributed by atoms with Crippen molar-refractivity contribution in [3.05, 3.63) is 59.7 Å². The van der Waals surface area contributed by atoms with E-state index in [1.807, 2.05) is 43.2 Å². The highest BCUT2D eigenvalue weighted by Crippen LogP contribution is 2.29. The average Bonchev–Trinajstić information content (AvgIpc) is 2.81. The molecule has 0 spiro atoms. The van der Waals surface area contributed by atoms with E-state index < -0.39 is 0 Å². The summed E-state index contributed by atoms with van der Waals surface area (Å²) < 4.78 is 1.85. The normalized spacial score (nSPS) is 12.8. The fraction of sp³-hybridized carbons (Fsp3) is 0.200. The molecule has 1 aromatic carbocycles. The Morgan fingerprint density at radius 2 is 2.05 bits per heavy atom. The molecule has 3 N–H and O–H groups in total. The van der Waals surface area contributed by atoms with Crippen molar-refractivity contribution in [2.24, 2.45) is 12.9 Å². The van der Waals surface area contributed by atoms with Gasteiger partial charge < -0.3 is 0 Å². The molecule has 0 saturated heterocycles. The van der Waals surface area contributed by atoms with Gasteiger partial charge in [0.1, 0.15) is 0 Å². The largest absolute Gasteiger partial charge is 0.273 e. The topological polar surface area (TPSA) is 68.8 Å². The first-order valence-electron chi connectivity index (χ1n) is 6.49. The van der Waals surface area contributed by atoms with Crippen molar-refractivity contribution in [2.45, 2.75) is 13.0 Å². The van der Waals surface area contributed by atoms with Crippen molar-refractivity contribution >= 4 is 10.8 Å². The van der Waals surface area contributed by atoms with Crippen LogP contribution in [0.2, 0.25) is 0 Å². The fourth-order valence-corrected chi connectivity index (χ4v) is 2.55. The predicted octanol–water partition coefficient (Wildman–Crippen LogP) is 1.83. The van der Waals surface area contributed by atoms with Gasteiger partial charge in [-0.1, -0.05) is 18.2 Å². The van der Waals surface area contributed by atoms with Gasteiger partial charge in [-0.3, -0.25) is 15.5 Å². The van der Waals surface area contributed by atoms with Crippen LogP contribution in [0, 0.1) is 6.92 Å². The molecule has 3 aromatic rings. The molecular formula is C15H17N5. The monoisotopic (exact) mass is 267 g/mol. The third kappa shape index (κ3) is 1.97. The number of fused-ring (bicyclic) bond motifs is 1. The Balaban J connectivity index is 2.19. The summed E-state index contributed by atoms with van der Waals surface area (Å²) in [5, 5.41) is 6.55. The third-order valence-corrected chi connectivity index (χ3v) is 3.78. The molecule has 2 aromatic heterocycles. The molecule has 1 atom stereocenters. The Morgan fingerprint density at radius 3 is 2.75 bits per heavy atom. The lowest BCUT2D eigenvalue weighted by molar-refractivity contribution is 0.634. The second-order valence-electron chi connectivity index (χ2n) is 4.85. The molecule has 5 nitrogen and oxygen atoms in total. The highest BCUT2D eigenvalue weighted by atomic mass is 15.3. The summed E-state index contributed by atoms with van der Waals surface area (Å²) in [5.41, 5.74) is 6.21. The van der Waals surface area contributed by atoms with Crippen molar-refractivity contribution in [1.29, 1.82) is 0 Å². The Bertz CT molecular complexity index is 742. The van der Waals surface area contributed by atoms with Crippen LogP contribution in [-0.2, 0) is 7.05 Å². The summed E-state index contributed by atoms with van der Waals surface area (Å²) >= 11 is 0. The van der Waals surface area contributed by atoms with Gasteiger partial charge in [0.25, 0.3) is 0 Å². The molecule has 102 valence electrons. The zero-order chi connectivity index (χ0) is 14.1. The standard InChI is InChI=1S/C15H17N5/c1-10-14(9-18-20(10)2)15(19-16)13-5-3-4-11-8-17-7-6-12(11)13/h3-9,15,19H,16H2,1-2H3. The number of hydrogen-bond donors (Lipinski definition) is 2. The van der Waals surface area contributed by atoms with E-state index in [0.29, 0.717) is 0 Å². The van der Waals surface area contributed by atoms with Gasteiger partial charge in [0, 0.05) is 36.1 Å². The third-order valence-electron chi connectivity index (χ3n) is 3.78. The van der Waals surface area contributed by atoms with Crippen molar-refractivity contribution in [2.75, 3.05) is 0 Å². The first-order chi connectivity index (χ1) is 9.72. The molecule has 0 fully saturated rings. The van der Waals surface area contributed by atoms with Gasteiger partial charge in [-0.2, -0.15) is 5.10 Å². The predicted molar refractivity (Wildman–Crippen MR) is 78.9 cm³/mol. The van der Waals surface area contributed by atoms with Crippen molar-refractivity contribution in [3.8, 4) is 0 Å². The summed E-state index contributed by atoms with van der Waals surface area (Å²) in [4.78, 5) is 4.17. The Labute approximate surface area is 117 Å². The molecule has 0 aliphatic heterocycles. The number of pyridine rings is 1. The molecule has 1 unspecified atom stereocenters. The SMILES string of the molecule is Cc1c(C(NN)c2cccc3cnccc23)cnn1C. The van der Waals surface area contributed by atoms with E-state index in [9.17, 15) is 0 Å². The van der Waals surface area contributed by atoms with Gasteiger partial charge in [-0.25, -0.2) is 5.43 Å². The summed E-state index contributed by atoms with van der Waals surface area (Å²) in [6.45, 7) is 2.04. The van der Waals surface area contributed by atoms with Crippen LogP contribution in [0.1, 0.15) is 22.9 Å². The summed E-state index contributed by atoms with van der Waals surface area (Å²) in [5.74, 6) is 5.80. The zero-order valence-electron chi connectivity index (χ0n) is 11.5. The number of hydrogen-bond acceptors (Lipinski definition) is 4. The fourth-order valence-electron chi connectivity index (χ4n) is 2.55. The number of benzene rings is 1. The van der Waals surface area contributed by atoms with Crippen LogP contribution < -0.4 is 11.3 Å². The highest BCUT2D eigenvalue weighted by molar-refractivity contribution is 5.85. The Morgan fingerprint density at radius 1 is 1.20 bits per heavy atom. The molecule has 0 amide bonds. The van der Waals surface area contributed by atoms with Crippen LogP contribution in [0.25, 0.3) is 10.8 Å². The summed E-state index contributed by atoms with van der Waals surface area (Å²) in [7, 11) is 1.93. The minimum atomic E-state index is -0.0881. The van der Waals surface area contributed by atoms with Crippen LogP contribution >= 0.6 is 0 Å². The van der Waals surface area contributed by atoms with Gasteiger partial charge in [0.05, 0.1) is 12.2 Å². The number of aryl methyl sites for hydroxylation is 1. The minimum Gasteiger partial charge on any atom is -0.273 e. The molecule has 5 heteroatoms. The lowest BCUT2D eigenvalue weighted by Gasteiger charge is -2.18. The van der Waals surface area contributed by atoms with Gasteiger partial charge in [-0.05, 0) is 23.9 Å². The molecule has 20 heavy (non-hydrogen) atoms. The lowest BCUT2D eigenvalue weighted by atomic mass is 9.95. The zero-order valence-corrected chi connectivity index (χ0v) is 11.5. The number of aromatic nitrogens is 3. The van der Waals surface area contributed by atoms with Crippen LogP contribution in [0.3, 0.4) is 0 Å². The second-order valence-corrected chi connectivity index (χ2v) is 4.85. The minimum absolute atomic E-state index is 0.0881. The van der Waals surface area contributed by atoms with E-state index in [1.165, 1.54) is 0 Å². The molecule has 2 heterocycles. The number of rotatable bonds is 3. The van der Waals surface area contributed by atoms with E-state index in [1.54, 1.807) is 6.20 Å². The number of nitrogens with zero attached hydrogens (tertiary/aromatic N) is 3. The summed E-state index contributed by atoms with van der Waals surface area (Å²) in [6, 6.07) is 8.08. The molecule has 0 radical (unpaired) electrons. The first-order valence-corrected chi connectivity index (χ1v) is 6.49. The van der Waals surface area contributed by atoms with E-state index in [-0.39, 0.29) is 6.04 Å². The number of nitrogens with two attached hydrogens (primary N) is 1. The number of nitrogens with one attached hydrogen (secondary N) is 1. The molecular weight excluding hydrogens is 250 g/mol. The number of hydrazine groups is 1. The highest BCUT2D eigenvalue weighted by Gasteiger charge is 2.19. The van der Waals surface area contributed by atoms with Crippen molar-refractivity contribution in [1.82, 2.24) is 20.2 Å². The molecule has 0 saturated carbocycles. The molecule has 3 rings (SSSR count). The maximum absolute atomic E-state index is 5.80. The Kier molecular flexibility index (Phi) is 3.22. The van der Waals surface area contributed by atoms with Crippen LogP contribution in [0.5, 0.6) is 0 Å². The lowest BCUT2D eigenvalue weighted by Crippen LogP contribution is -2.29. The van der Waals surface area contributed by atoms with E-state index in [4.69, 9.17) is 5.84 Å². The van der Waals surface area contributed by atoms with Crippen molar-refractivity contribution in [3.63, 3.8) is 0 Å². The molecule has 0 aliphatic carbocycles. The van der Waals surface area contributed by atoms with Gasteiger partial charge in [-0.15, -0.1) is 0 Å². The van der Waals surface area contributed by atoms with Crippen LogP contribution in [-0.4, -0.2) is 14.8 Å². The average molecular weight is 267 g/mol. The first kappa shape index (κ1) is 12.8. The summed E-state index contributed by atoms with van der Waals surface area (Å²) in [6.07, 6.45) is 5.53. The van der Waals surface area contributed by atoms with E-state index in [0.717, 1.165) is 27.6 Å². The van der Waals surface area contributed by atoms with E-state index in [2.05, 4.69) is 27.6 Å². The van der Waals surface area contributed by atoms with Gasteiger partial charge in [0.2, 0.25) is 0 Å². The maximum Gasteiger partial charge on any atom is 0.0749 e. The Hall–Kier alpha value is -2.24.